The molecule has 0 saturated heterocycles. The number of ether oxygens (including phenoxy) is 1. The molecule has 7 nitrogen and oxygen atoms in total. The maximum absolute atomic E-state index is 11.0. The van der Waals surface area contributed by atoms with Gasteiger partial charge in [0, 0.05) is 17.6 Å². The minimum Gasteiger partial charge on any atom is -0.490 e. The van der Waals surface area contributed by atoms with Crippen LogP contribution in [0.2, 0.25) is 0 Å². The van der Waals surface area contributed by atoms with E-state index >= 15 is 0 Å². The summed E-state index contributed by atoms with van der Waals surface area (Å²) in [5.74, 6) is 0.521. The van der Waals surface area contributed by atoms with Gasteiger partial charge >= 0.3 is 5.69 Å². The third kappa shape index (κ3) is 2.19. The first kappa shape index (κ1) is 12.5. The van der Waals surface area contributed by atoms with Gasteiger partial charge in [-0.2, -0.15) is 5.10 Å². The topological polar surface area (TPSA) is 83.1 Å². The summed E-state index contributed by atoms with van der Waals surface area (Å²) in [6.07, 6.45) is 1.52. The van der Waals surface area contributed by atoms with E-state index in [-0.39, 0.29) is 11.4 Å². The van der Waals surface area contributed by atoms with E-state index in [1.807, 2.05) is 0 Å². The van der Waals surface area contributed by atoms with Gasteiger partial charge in [-0.15, -0.1) is 0 Å². The molecule has 0 amide bonds. The number of hydrogen-bond donors (Lipinski definition) is 0. The SMILES string of the molecule is COc1c(-c2ncn(C)n2)cc(Br)cc1[N+](=O)[O-]. The van der Waals surface area contributed by atoms with E-state index in [0.29, 0.717) is 15.9 Å². The highest BCUT2D eigenvalue weighted by Crippen LogP contribution is 2.38. The second-order valence-corrected chi connectivity index (χ2v) is 4.42. The lowest BCUT2D eigenvalue weighted by molar-refractivity contribution is -0.385. The van der Waals surface area contributed by atoms with Crippen LogP contribution in [0.15, 0.2) is 22.9 Å². The molecule has 0 atom stereocenters. The van der Waals surface area contributed by atoms with Gasteiger partial charge in [0.05, 0.1) is 17.6 Å². The molecule has 8 heteroatoms. The van der Waals surface area contributed by atoms with Crippen LogP contribution in [0.25, 0.3) is 11.4 Å². The Morgan fingerprint density at radius 2 is 2.22 bits per heavy atom. The number of nitro groups is 1. The molecule has 0 aliphatic rings. The van der Waals surface area contributed by atoms with Crippen molar-refractivity contribution >= 4 is 21.6 Å². The van der Waals surface area contributed by atoms with E-state index in [2.05, 4.69) is 26.0 Å². The quantitative estimate of drug-likeness (QED) is 0.640. The van der Waals surface area contributed by atoms with Gasteiger partial charge in [-0.05, 0) is 6.07 Å². The van der Waals surface area contributed by atoms with Crippen molar-refractivity contribution in [2.24, 2.45) is 7.05 Å². The van der Waals surface area contributed by atoms with Crippen molar-refractivity contribution in [2.45, 2.75) is 0 Å². The normalized spacial score (nSPS) is 10.4. The number of aryl methyl sites for hydroxylation is 1. The number of hydrogen-bond acceptors (Lipinski definition) is 5. The Hall–Kier alpha value is -1.96. The van der Waals surface area contributed by atoms with Gasteiger partial charge < -0.3 is 4.74 Å². The Morgan fingerprint density at radius 1 is 1.50 bits per heavy atom. The number of nitrogens with zero attached hydrogens (tertiary/aromatic N) is 4. The first-order valence-electron chi connectivity index (χ1n) is 4.91. The van der Waals surface area contributed by atoms with E-state index in [0.717, 1.165) is 0 Å². The average molecular weight is 313 g/mol. The Morgan fingerprint density at radius 3 is 2.72 bits per heavy atom. The summed E-state index contributed by atoms with van der Waals surface area (Å²) in [6, 6.07) is 3.06. The predicted octanol–water partition coefficient (Wildman–Crippen LogP) is 2.16. The van der Waals surface area contributed by atoms with E-state index in [4.69, 9.17) is 4.74 Å². The third-order valence-corrected chi connectivity index (χ3v) is 2.73. The summed E-state index contributed by atoms with van der Waals surface area (Å²) in [4.78, 5) is 14.5. The fraction of sp³-hybridized carbons (Fsp3) is 0.200. The molecule has 0 radical (unpaired) electrons. The van der Waals surface area contributed by atoms with Crippen molar-refractivity contribution < 1.29 is 9.66 Å². The second-order valence-electron chi connectivity index (χ2n) is 3.50. The highest BCUT2D eigenvalue weighted by atomic mass is 79.9. The van der Waals surface area contributed by atoms with Crippen LogP contribution in [0, 0.1) is 10.1 Å². The van der Waals surface area contributed by atoms with Crippen molar-refractivity contribution in [1.82, 2.24) is 14.8 Å². The summed E-state index contributed by atoms with van der Waals surface area (Å²) >= 11 is 3.23. The van der Waals surface area contributed by atoms with Crippen LogP contribution < -0.4 is 4.74 Å². The molecule has 0 N–H and O–H groups in total. The van der Waals surface area contributed by atoms with Crippen LogP contribution in [-0.4, -0.2) is 26.8 Å². The molecule has 1 aromatic heterocycles. The molecular weight excluding hydrogens is 304 g/mol. The summed E-state index contributed by atoms with van der Waals surface area (Å²) < 4.78 is 7.19. The Kier molecular flexibility index (Phi) is 3.28. The van der Waals surface area contributed by atoms with Crippen LogP contribution in [-0.2, 0) is 7.05 Å². The molecule has 2 rings (SSSR count). The van der Waals surface area contributed by atoms with Gasteiger partial charge in [-0.3, -0.25) is 14.8 Å². The van der Waals surface area contributed by atoms with E-state index in [9.17, 15) is 10.1 Å². The van der Waals surface area contributed by atoms with Gasteiger partial charge in [0.15, 0.2) is 5.82 Å². The van der Waals surface area contributed by atoms with Gasteiger partial charge in [-0.1, -0.05) is 15.9 Å². The lowest BCUT2D eigenvalue weighted by atomic mass is 10.1. The Labute approximate surface area is 111 Å². The zero-order chi connectivity index (χ0) is 13.3. The first-order chi connectivity index (χ1) is 8.52. The molecule has 94 valence electrons. The minimum atomic E-state index is -0.504. The third-order valence-electron chi connectivity index (χ3n) is 2.28. The van der Waals surface area contributed by atoms with Crippen molar-refractivity contribution in [3.8, 4) is 17.1 Å². The second kappa shape index (κ2) is 4.73. The zero-order valence-electron chi connectivity index (χ0n) is 9.62. The van der Waals surface area contributed by atoms with Crippen LogP contribution in [0.1, 0.15) is 0 Å². The average Bonchev–Trinajstić information content (AvgIpc) is 2.74. The number of halogens is 1. The van der Waals surface area contributed by atoms with Crippen molar-refractivity contribution in [3.63, 3.8) is 0 Å². The summed E-state index contributed by atoms with van der Waals surface area (Å²) in [6.45, 7) is 0. The van der Waals surface area contributed by atoms with Crippen molar-refractivity contribution in [2.75, 3.05) is 7.11 Å². The molecule has 2 aromatic rings. The molecule has 0 bridgehead atoms. The minimum absolute atomic E-state index is 0.130. The maximum Gasteiger partial charge on any atom is 0.312 e. The monoisotopic (exact) mass is 312 g/mol. The molecule has 0 aliphatic heterocycles. The van der Waals surface area contributed by atoms with E-state index in [1.54, 1.807) is 13.1 Å². The summed E-state index contributed by atoms with van der Waals surface area (Å²) in [5.41, 5.74) is 0.341. The highest BCUT2D eigenvalue weighted by molar-refractivity contribution is 9.10. The number of nitro benzene ring substituents is 1. The summed E-state index contributed by atoms with van der Waals surface area (Å²) in [5, 5.41) is 15.1. The van der Waals surface area contributed by atoms with Crippen molar-refractivity contribution in [1.29, 1.82) is 0 Å². The molecule has 1 heterocycles. The molecule has 0 unspecified atom stereocenters. The fourth-order valence-corrected chi connectivity index (χ4v) is 2.00. The van der Waals surface area contributed by atoms with Crippen LogP contribution >= 0.6 is 15.9 Å². The fourth-order valence-electron chi connectivity index (χ4n) is 1.56. The number of methoxy groups -OCH3 is 1. The molecule has 1 aromatic carbocycles. The lowest BCUT2D eigenvalue weighted by Gasteiger charge is -2.06. The van der Waals surface area contributed by atoms with Gasteiger partial charge in [0.25, 0.3) is 0 Å². The molecule has 0 aliphatic carbocycles. The van der Waals surface area contributed by atoms with E-state index < -0.39 is 4.92 Å². The summed E-state index contributed by atoms with van der Waals surface area (Å²) in [7, 11) is 3.10. The zero-order valence-corrected chi connectivity index (χ0v) is 11.2. The Bertz CT molecular complexity index is 611. The molecular formula is C10H9BrN4O3. The van der Waals surface area contributed by atoms with Gasteiger partial charge in [-0.25, -0.2) is 4.98 Å². The van der Waals surface area contributed by atoms with Crippen LogP contribution in [0.3, 0.4) is 0 Å². The van der Waals surface area contributed by atoms with E-state index in [1.165, 1.54) is 24.2 Å². The molecule has 0 spiro atoms. The van der Waals surface area contributed by atoms with Crippen LogP contribution in [0.5, 0.6) is 5.75 Å². The highest BCUT2D eigenvalue weighted by Gasteiger charge is 2.22. The molecule has 0 saturated carbocycles. The molecule has 18 heavy (non-hydrogen) atoms. The van der Waals surface area contributed by atoms with Crippen molar-refractivity contribution in [3.05, 3.63) is 33.0 Å². The smallest absolute Gasteiger partial charge is 0.312 e. The van der Waals surface area contributed by atoms with Gasteiger partial charge in [0.1, 0.15) is 6.33 Å². The number of rotatable bonds is 3. The molecule has 0 fully saturated rings. The largest absolute Gasteiger partial charge is 0.490 e. The predicted molar refractivity (Wildman–Crippen MR) is 67.3 cm³/mol. The first-order valence-corrected chi connectivity index (χ1v) is 5.70. The number of benzene rings is 1. The lowest BCUT2D eigenvalue weighted by Crippen LogP contribution is -1.97. The Balaban J connectivity index is 2.69. The van der Waals surface area contributed by atoms with Crippen LogP contribution in [0.4, 0.5) is 5.69 Å². The maximum atomic E-state index is 11.0. The standard InChI is InChI=1S/C10H9BrN4O3/c1-14-5-12-10(13-14)7-3-6(11)4-8(15(16)17)9(7)18-2/h3-5H,1-2H3. The van der Waals surface area contributed by atoms with Gasteiger partial charge in [0.2, 0.25) is 5.75 Å². The number of aromatic nitrogens is 3.